The number of ether oxygens (including phenoxy) is 2. The summed E-state index contributed by atoms with van der Waals surface area (Å²) in [6.45, 7) is 26.0. The minimum atomic E-state index is -0.658. The van der Waals surface area contributed by atoms with Gasteiger partial charge < -0.3 is 25.6 Å². The molecule has 12 atom stereocenters. The highest BCUT2D eigenvalue weighted by molar-refractivity contribution is 5.90. The van der Waals surface area contributed by atoms with Crippen molar-refractivity contribution in [2.45, 2.75) is 145 Å². The van der Waals surface area contributed by atoms with Crippen molar-refractivity contribution >= 4 is 11.9 Å². The van der Waals surface area contributed by atoms with Crippen LogP contribution < -0.4 is 11.1 Å². The number of nitrogens with zero attached hydrogens (tertiary/aromatic N) is 3. The number of amides is 1. The molecule has 4 aliphatic carbocycles. The third kappa shape index (κ3) is 5.57. The molecular formula is C42H69N5O5. The predicted octanol–water partition coefficient (Wildman–Crippen LogP) is 7.65. The minimum absolute atomic E-state index is 0.0258. The van der Waals surface area contributed by atoms with E-state index < -0.39 is 34.5 Å². The summed E-state index contributed by atoms with van der Waals surface area (Å²) in [6, 6.07) is 0. The Kier molecular flexibility index (Phi) is 10.2. The standard InChI is InChI=1S/C42H69N5O5/c1-12-21-44-34(48)33-45-24-46-47(33)36-42-18-16-31(51-23-41(11,43)26(4)5)38(8,22-52-36)30(42)14-13-28-29(42)15-17-40(10)32(35(49)50)37(7,27(6)25(2)3)19-20-39(28,40)9/h15,24-28,30-32,36H,12-14,16-23,43H2,1-11H3,(H,44,48)(H,49,50)/t27-,28+,30-,31-,32-,36?,37-,38-,39-,40+,41-,42+/m1/s1. The van der Waals surface area contributed by atoms with E-state index in [4.69, 9.17) is 20.3 Å². The zero-order valence-corrected chi connectivity index (χ0v) is 34.1. The maximum absolute atomic E-state index is 13.6. The van der Waals surface area contributed by atoms with Crippen molar-refractivity contribution in [3.8, 4) is 0 Å². The summed E-state index contributed by atoms with van der Waals surface area (Å²) in [5.41, 5.74) is 5.97. The molecule has 0 radical (unpaired) electrons. The summed E-state index contributed by atoms with van der Waals surface area (Å²) in [7, 11) is 0. The highest BCUT2D eigenvalue weighted by Gasteiger charge is 2.73. The van der Waals surface area contributed by atoms with Crippen LogP contribution in [0.15, 0.2) is 18.0 Å². The molecule has 292 valence electrons. The quantitative estimate of drug-likeness (QED) is 0.198. The first-order valence-corrected chi connectivity index (χ1v) is 20.4. The summed E-state index contributed by atoms with van der Waals surface area (Å²) < 4.78 is 15.7. The van der Waals surface area contributed by atoms with E-state index in [0.717, 1.165) is 44.9 Å². The van der Waals surface area contributed by atoms with Gasteiger partial charge in [-0.3, -0.25) is 9.59 Å². The first-order valence-electron chi connectivity index (χ1n) is 20.4. The molecule has 1 unspecified atom stereocenters. The van der Waals surface area contributed by atoms with Gasteiger partial charge in [0, 0.05) is 22.9 Å². The summed E-state index contributed by atoms with van der Waals surface area (Å²) in [6.07, 6.45) is 10.4. The van der Waals surface area contributed by atoms with Crippen molar-refractivity contribution in [3.63, 3.8) is 0 Å². The summed E-state index contributed by atoms with van der Waals surface area (Å²) in [5, 5.41) is 18.9. The molecule has 1 aromatic heterocycles. The van der Waals surface area contributed by atoms with E-state index in [1.165, 1.54) is 11.9 Å². The molecule has 1 amide bonds. The van der Waals surface area contributed by atoms with Crippen LogP contribution in [0.5, 0.6) is 0 Å². The third-order valence-electron chi connectivity index (χ3n) is 16.7. The predicted molar refractivity (Wildman–Crippen MR) is 202 cm³/mol. The molecule has 10 heteroatoms. The fourth-order valence-corrected chi connectivity index (χ4v) is 12.4. The summed E-state index contributed by atoms with van der Waals surface area (Å²) >= 11 is 0. The number of hydrogen-bond acceptors (Lipinski definition) is 7. The van der Waals surface area contributed by atoms with Crippen LogP contribution >= 0.6 is 0 Å². The Morgan fingerprint density at radius 2 is 1.81 bits per heavy atom. The number of nitrogens with two attached hydrogens (primary N) is 1. The summed E-state index contributed by atoms with van der Waals surface area (Å²) in [5.74, 6) is 0.245. The average molecular weight is 724 g/mol. The number of carbonyl (C=O) groups is 2. The smallest absolute Gasteiger partial charge is 0.307 e. The van der Waals surface area contributed by atoms with E-state index in [1.54, 1.807) is 4.68 Å². The van der Waals surface area contributed by atoms with Crippen LogP contribution in [0.1, 0.15) is 144 Å². The van der Waals surface area contributed by atoms with Gasteiger partial charge >= 0.3 is 5.97 Å². The van der Waals surface area contributed by atoms with Crippen LogP contribution in [0.2, 0.25) is 0 Å². The first kappa shape index (κ1) is 39.4. The maximum Gasteiger partial charge on any atom is 0.307 e. The highest BCUT2D eigenvalue weighted by atomic mass is 16.5. The number of hydrogen-bond donors (Lipinski definition) is 3. The van der Waals surface area contributed by atoms with Crippen LogP contribution in [-0.2, 0) is 14.3 Å². The van der Waals surface area contributed by atoms with E-state index in [-0.39, 0.29) is 57.8 Å². The maximum atomic E-state index is 13.6. The van der Waals surface area contributed by atoms with E-state index in [1.807, 2.05) is 6.92 Å². The van der Waals surface area contributed by atoms with Gasteiger partial charge in [-0.05, 0) is 104 Å². The first-order chi connectivity index (χ1) is 24.3. The second-order valence-corrected chi connectivity index (χ2v) is 19.7. The highest BCUT2D eigenvalue weighted by Crippen LogP contribution is 2.76. The number of allylic oxidation sites excluding steroid dienone is 1. The molecule has 5 aliphatic rings. The van der Waals surface area contributed by atoms with Gasteiger partial charge in [-0.15, -0.1) is 0 Å². The Hall–Kier alpha value is -2.30. The molecule has 4 fully saturated rings. The molecule has 3 saturated carbocycles. The second-order valence-electron chi connectivity index (χ2n) is 19.7. The lowest BCUT2D eigenvalue weighted by Gasteiger charge is -2.71. The zero-order chi connectivity index (χ0) is 38.2. The zero-order valence-electron chi connectivity index (χ0n) is 34.1. The number of carboxylic acids is 1. The molecular weight excluding hydrogens is 654 g/mol. The Bertz CT molecular complexity index is 1550. The lowest BCUT2D eigenvalue weighted by molar-refractivity contribution is -0.285. The normalized spacial score (nSPS) is 41.7. The van der Waals surface area contributed by atoms with Crippen LogP contribution in [-0.4, -0.2) is 63.1 Å². The molecule has 1 saturated heterocycles. The van der Waals surface area contributed by atoms with Gasteiger partial charge in [0.1, 0.15) is 6.33 Å². The number of aromatic nitrogens is 3. The lowest BCUT2D eigenvalue weighted by atomic mass is 9.34. The Balaban J connectivity index is 1.48. The average Bonchev–Trinajstić information content (AvgIpc) is 3.56. The van der Waals surface area contributed by atoms with E-state index in [0.29, 0.717) is 32.1 Å². The molecule has 1 aromatic rings. The molecule has 6 rings (SSSR count). The van der Waals surface area contributed by atoms with Gasteiger partial charge in [0.15, 0.2) is 6.23 Å². The van der Waals surface area contributed by atoms with Crippen molar-refractivity contribution in [1.29, 1.82) is 0 Å². The van der Waals surface area contributed by atoms with Gasteiger partial charge in [0.2, 0.25) is 5.82 Å². The van der Waals surface area contributed by atoms with Crippen LogP contribution in [0.25, 0.3) is 0 Å². The number of carboxylic acid groups (broad SMARTS) is 1. The van der Waals surface area contributed by atoms with Crippen molar-refractivity contribution in [2.24, 2.45) is 68.3 Å². The molecule has 2 heterocycles. The van der Waals surface area contributed by atoms with E-state index in [9.17, 15) is 14.7 Å². The summed E-state index contributed by atoms with van der Waals surface area (Å²) in [4.78, 5) is 31.6. The number of rotatable bonds is 11. The Labute approximate surface area is 312 Å². The van der Waals surface area contributed by atoms with E-state index >= 15 is 0 Å². The van der Waals surface area contributed by atoms with Crippen molar-refractivity contribution in [3.05, 3.63) is 23.8 Å². The van der Waals surface area contributed by atoms with Crippen LogP contribution in [0.4, 0.5) is 0 Å². The van der Waals surface area contributed by atoms with Gasteiger partial charge in [-0.25, -0.2) is 9.67 Å². The number of aliphatic carboxylic acids is 1. The number of carbonyl (C=O) groups excluding carboxylic acids is 1. The van der Waals surface area contributed by atoms with Crippen molar-refractivity contribution in [2.75, 3.05) is 19.8 Å². The van der Waals surface area contributed by atoms with Crippen molar-refractivity contribution < 1.29 is 24.2 Å². The Morgan fingerprint density at radius 1 is 1.10 bits per heavy atom. The minimum Gasteiger partial charge on any atom is -0.481 e. The van der Waals surface area contributed by atoms with E-state index in [2.05, 4.69) is 85.6 Å². The molecule has 10 nitrogen and oxygen atoms in total. The van der Waals surface area contributed by atoms with Crippen LogP contribution in [0, 0.1) is 62.6 Å². The molecule has 52 heavy (non-hydrogen) atoms. The second kappa shape index (κ2) is 13.5. The molecule has 0 spiro atoms. The lowest BCUT2D eigenvalue weighted by Crippen LogP contribution is -2.68. The molecule has 1 aliphatic heterocycles. The fourth-order valence-electron chi connectivity index (χ4n) is 12.4. The number of fused-ring (bicyclic) bond motifs is 3. The number of nitrogens with one attached hydrogen (secondary N) is 1. The largest absolute Gasteiger partial charge is 0.481 e. The molecule has 0 aromatic carbocycles. The fraction of sp³-hybridized carbons (Fsp3) is 0.857. The molecule has 4 N–H and O–H groups in total. The topological polar surface area (TPSA) is 142 Å². The van der Waals surface area contributed by atoms with Crippen molar-refractivity contribution in [1.82, 2.24) is 20.1 Å². The van der Waals surface area contributed by atoms with Crippen LogP contribution in [0.3, 0.4) is 0 Å². The third-order valence-corrected chi connectivity index (χ3v) is 16.7. The van der Waals surface area contributed by atoms with Gasteiger partial charge in [0.25, 0.3) is 5.91 Å². The Morgan fingerprint density at radius 3 is 2.44 bits per heavy atom. The molecule has 2 bridgehead atoms. The SMILES string of the molecule is CCCNC(=O)c1ncnn1C1OC[C@]2(C)[C@H]3CC[C@H]4C(=CC[C@@]5(C)[C@H](C(=O)O)[C@@](C)([C@H](C)C(C)C)CC[C@]45C)[C@]13CC[C@H]2OC[C@@](C)(N)C(C)C. The van der Waals surface area contributed by atoms with Gasteiger partial charge in [-0.1, -0.05) is 80.9 Å². The van der Waals surface area contributed by atoms with Gasteiger partial charge in [-0.2, -0.15) is 5.10 Å². The van der Waals surface area contributed by atoms with Gasteiger partial charge in [0.05, 0.1) is 25.2 Å². The monoisotopic (exact) mass is 724 g/mol.